The highest BCUT2D eigenvalue weighted by atomic mass is 16.3. The minimum atomic E-state index is 0.273. The Balaban J connectivity index is 2.37. The molecule has 1 unspecified atom stereocenters. The molecule has 2 N–H and O–H groups in total. The first-order chi connectivity index (χ1) is 7.13. The highest BCUT2D eigenvalue weighted by Crippen LogP contribution is 2.12. The molecule has 0 aliphatic rings. The summed E-state index contributed by atoms with van der Waals surface area (Å²) in [6.07, 6.45) is 3.95. The fourth-order valence-corrected chi connectivity index (χ4v) is 1.71. The smallest absolute Gasteiger partial charge is 0.0473 e. The monoisotopic (exact) mass is 210 g/mol. The van der Waals surface area contributed by atoms with E-state index < -0.39 is 0 Å². The normalized spacial score (nSPS) is 13.7. The lowest BCUT2D eigenvalue weighted by molar-refractivity contribution is 0.143. The molecule has 0 aliphatic heterocycles. The quantitative estimate of drug-likeness (QED) is 0.750. The molecule has 0 saturated carbocycles. The van der Waals surface area contributed by atoms with E-state index in [-0.39, 0.29) is 6.61 Å². The molecule has 0 radical (unpaired) electrons. The van der Waals surface area contributed by atoms with E-state index in [0.29, 0.717) is 11.8 Å². The maximum atomic E-state index is 9.24. The van der Waals surface area contributed by atoms with Gasteiger partial charge in [-0.25, -0.2) is 0 Å². The van der Waals surface area contributed by atoms with Gasteiger partial charge in [0.25, 0.3) is 0 Å². The molecule has 15 heavy (non-hydrogen) atoms. The van der Waals surface area contributed by atoms with Crippen molar-refractivity contribution >= 4 is 0 Å². The molecule has 86 valence electrons. The van der Waals surface area contributed by atoms with Crippen LogP contribution in [0.1, 0.15) is 19.4 Å². The summed E-state index contributed by atoms with van der Waals surface area (Å²) >= 11 is 0. The molecular weight excluding hydrogens is 188 g/mol. The molecule has 1 heterocycles. The van der Waals surface area contributed by atoms with Crippen LogP contribution in [-0.4, -0.2) is 35.2 Å². The second-order valence-electron chi connectivity index (χ2n) is 4.60. The lowest BCUT2D eigenvalue weighted by atomic mass is 9.96. The summed E-state index contributed by atoms with van der Waals surface area (Å²) in [4.78, 5) is 5.30. The zero-order chi connectivity index (χ0) is 11.3. The summed E-state index contributed by atoms with van der Waals surface area (Å²) in [6.45, 7) is 6.47. The van der Waals surface area contributed by atoms with E-state index in [0.717, 1.165) is 13.1 Å². The second-order valence-corrected chi connectivity index (χ2v) is 4.60. The van der Waals surface area contributed by atoms with E-state index in [1.54, 1.807) is 0 Å². The molecule has 0 aromatic carbocycles. The maximum Gasteiger partial charge on any atom is 0.0473 e. The van der Waals surface area contributed by atoms with E-state index in [1.165, 1.54) is 5.56 Å². The third kappa shape index (κ3) is 4.06. The minimum Gasteiger partial charge on any atom is -0.396 e. The Kier molecular flexibility index (Phi) is 4.85. The van der Waals surface area contributed by atoms with Gasteiger partial charge in [0.15, 0.2) is 0 Å². The van der Waals surface area contributed by atoms with Gasteiger partial charge in [-0.05, 0) is 30.5 Å². The molecule has 1 atom stereocenters. The zero-order valence-corrected chi connectivity index (χ0v) is 9.90. The van der Waals surface area contributed by atoms with Gasteiger partial charge in [-0.3, -0.25) is 0 Å². The first-order valence-corrected chi connectivity index (χ1v) is 5.54. The van der Waals surface area contributed by atoms with Crippen molar-refractivity contribution in [3.63, 3.8) is 0 Å². The van der Waals surface area contributed by atoms with Gasteiger partial charge in [0, 0.05) is 32.1 Å². The number of H-pyrrole nitrogens is 1. The van der Waals surface area contributed by atoms with E-state index in [2.05, 4.69) is 36.8 Å². The van der Waals surface area contributed by atoms with Crippen LogP contribution in [0.2, 0.25) is 0 Å². The van der Waals surface area contributed by atoms with Crippen molar-refractivity contribution in [1.82, 2.24) is 9.88 Å². The molecule has 1 aromatic rings. The number of nitrogens with one attached hydrogen (secondary N) is 1. The number of hydrogen-bond donors (Lipinski definition) is 2. The number of aliphatic hydroxyl groups excluding tert-OH is 1. The summed E-state index contributed by atoms with van der Waals surface area (Å²) in [5.74, 6) is 0.901. The van der Waals surface area contributed by atoms with Crippen molar-refractivity contribution in [3.05, 3.63) is 24.0 Å². The van der Waals surface area contributed by atoms with E-state index >= 15 is 0 Å². The second kappa shape index (κ2) is 5.93. The van der Waals surface area contributed by atoms with Crippen LogP contribution in [0.4, 0.5) is 0 Å². The molecule has 0 bridgehead atoms. The first-order valence-electron chi connectivity index (χ1n) is 5.54. The molecule has 0 aliphatic carbocycles. The van der Waals surface area contributed by atoms with Gasteiger partial charge in [0.1, 0.15) is 0 Å². The molecule has 0 saturated heterocycles. The van der Waals surface area contributed by atoms with E-state index in [4.69, 9.17) is 0 Å². The van der Waals surface area contributed by atoms with Gasteiger partial charge in [-0.1, -0.05) is 13.8 Å². The lowest BCUT2D eigenvalue weighted by Gasteiger charge is -2.24. The highest BCUT2D eigenvalue weighted by molar-refractivity contribution is 5.07. The van der Waals surface area contributed by atoms with Crippen LogP contribution >= 0.6 is 0 Å². The van der Waals surface area contributed by atoms with E-state index in [9.17, 15) is 5.11 Å². The highest BCUT2D eigenvalue weighted by Gasteiger charge is 2.14. The van der Waals surface area contributed by atoms with Crippen molar-refractivity contribution in [2.75, 3.05) is 20.2 Å². The van der Waals surface area contributed by atoms with Gasteiger partial charge < -0.3 is 15.0 Å². The van der Waals surface area contributed by atoms with Crippen LogP contribution in [0, 0.1) is 11.8 Å². The van der Waals surface area contributed by atoms with E-state index in [1.807, 2.05) is 12.4 Å². The summed E-state index contributed by atoms with van der Waals surface area (Å²) in [5.41, 5.74) is 1.29. The molecule has 1 rings (SSSR count). The van der Waals surface area contributed by atoms with Crippen LogP contribution in [0.5, 0.6) is 0 Å². The van der Waals surface area contributed by atoms with Crippen molar-refractivity contribution in [2.45, 2.75) is 20.4 Å². The van der Waals surface area contributed by atoms with Gasteiger partial charge in [-0.15, -0.1) is 0 Å². The third-order valence-electron chi connectivity index (χ3n) is 2.84. The number of nitrogens with zero attached hydrogens (tertiary/aromatic N) is 1. The predicted octanol–water partition coefficient (Wildman–Crippen LogP) is 1.71. The Morgan fingerprint density at radius 1 is 1.47 bits per heavy atom. The Hall–Kier alpha value is -0.800. The Bertz CT molecular complexity index is 257. The number of aromatic nitrogens is 1. The van der Waals surface area contributed by atoms with Crippen LogP contribution in [-0.2, 0) is 6.54 Å². The van der Waals surface area contributed by atoms with Crippen molar-refractivity contribution in [2.24, 2.45) is 11.8 Å². The van der Waals surface area contributed by atoms with Crippen LogP contribution in [0.3, 0.4) is 0 Å². The molecule has 3 heteroatoms. The predicted molar refractivity (Wildman–Crippen MR) is 62.5 cm³/mol. The number of hydrogen-bond acceptors (Lipinski definition) is 2. The fourth-order valence-electron chi connectivity index (χ4n) is 1.71. The molecule has 0 spiro atoms. The number of aliphatic hydroxyl groups is 1. The lowest BCUT2D eigenvalue weighted by Crippen LogP contribution is -2.30. The van der Waals surface area contributed by atoms with Gasteiger partial charge in [0.05, 0.1) is 0 Å². The third-order valence-corrected chi connectivity index (χ3v) is 2.84. The Labute approximate surface area is 92.1 Å². The standard InChI is InChI=1S/C12H22N2O/c1-10(2)12(9-15)8-14(3)7-11-4-5-13-6-11/h4-6,10,12-13,15H,7-9H2,1-3H3. The van der Waals surface area contributed by atoms with Gasteiger partial charge in [-0.2, -0.15) is 0 Å². The molecule has 0 amide bonds. The summed E-state index contributed by atoms with van der Waals surface area (Å²) < 4.78 is 0. The van der Waals surface area contributed by atoms with Crippen molar-refractivity contribution < 1.29 is 5.11 Å². The topological polar surface area (TPSA) is 39.3 Å². The van der Waals surface area contributed by atoms with Crippen LogP contribution in [0.25, 0.3) is 0 Å². The summed E-state index contributed by atoms with van der Waals surface area (Å²) in [5, 5.41) is 9.24. The van der Waals surface area contributed by atoms with Gasteiger partial charge in [0.2, 0.25) is 0 Å². The maximum absolute atomic E-state index is 9.24. The Morgan fingerprint density at radius 2 is 2.20 bits per heavy atom. The first kappa shape index (κ1) is 12.3. The SMILES string of the molecule is CC(C)C(CO)CN(C)Cc1cc[nH]c1. The summed E-state index contributed by atoms with van der Waals surface area (Å²) in [6, 6.07) is 2.08. The van der Waals surface area contributed by atoms with Crippen LogP contribution < -0.4 is 0 Å². The molecule has 1 aromatic heterocycles. The van der Waals surface area contributed by atoms with Crippen molar-refractivity contribution in [3.8, 4) is 0 Å². The molecular formula is C12H22N2O. The average molecular weight is 210 g/mol. The van der Waals surface area contributed by atoms with Gasteiger partial charge >= 0.3 is 0 Å². The average Bonchev–Trinajstić information content (AvgIpc) is 2.66. The number of rotatable bonds is 6. The van der Waals surface area contributed by atoms with Crippen molar-refractivity contribution in [1.29, 1.82) is 0 Å². The number of aromatic amines is 1. The van der Waals surface area contributed by atoms with Crippen LogP contribution in [0.15, 0.2) is 18.5 Å². The Morgan fingerprint density at radius 3 is 2.67 bits per heavy atom. The zero-order valence-electron chi connectivity index (χ0n) is 9.90. The summed E-state index contributed by atoms with van der Waals surface area (Å²) in [7, 11) is 2.10. The fraction of sp³-hybridized carbons (Fsp3) is 0.667. The largest absolute Gasteiger partial charge is 0.396 e. The molecule has 3 nitrogen and oxygen atoms in total. The molecule has 0 fully saturated rings. The minimum absolute atomic E-state index is 0.273.